The first kappa shape index (κ1) is 24.0. The second kappa shape index (κ2) is 9.48. The highest BCUT2D eigenvalue weighted by Crippen LogP contribution is 2.51. The molecule has 1 atom stereocenters. The molecular weight excluding hydrogens is 487 g/mol. The average Bonchev–Trinajstić information content (AvgIpc) is 3.54. The van der Waals surface area contributed by atoms with Gasteiger partial charge in [0.1, 0.15) is 5.82 Å². The highest BCUT2D eigenvalue weighted by atomic mass is 32.2. The standard InChI is InChI=1S/C28H29FN6OS/c1-18-13-34(17-31-18)25-8-5-21(24-11-33-36-27(24)25)9-22-10-28(15-37-16-28)14-35(19(22)2)26(12-32-30)20-3-6-23(29)7-4-20/h3-9,11,13,17,26,32H,2,10,12,14-16,30H2,1H3/b22-9+. The van der Waals surface area contributed by atoms with Crippen molar-refractivity contribution in [1.82, 2.24) is 25.0 Å². The molecule has 37 heavy (non-hydrogen) atoms. The molecule has 0 amide bonds. The van der Waals surface area contributed by atoms with Crippen molar-refractivity contribution in [3.05, 3.63) is 95.6 Å². The number of nitrogens with zero attached hydrogens (tertiary/aromatic N) is 4. The van der Waals surface area contributed by atoms with Crippen LogP contribution in [0.2, 0.25) is 0 Å². The van der Waals surface area contributed by atoms with Crippen LogP contribution in [0.15, 0.2) is 77.5 Å². The number of thioether (sulfide) groups is 1. The molecule has 0 bridgehead atoms. The molecule has 7 nitrogen and oxygen atoms in total. The quantitative estimate of drug-likeness (QED) is 0.276. The Bertz CT molecular complexity index is 1490. The van der Waals surface area contributed by atoms with Gasteiger partial charge in [0, 0.05) is 41.9 Å². The summed E-state index contributed by atoms with van der Waals surface area (Å²) in [4.78, 5) is 6.69. The largest absolute Gasteiger partial charge is 0.363 e. The molecule has 2 saturated heterocycles. The van der Waals surface area contributed by atoms with E-state index in [1.165, 1.54) is 17.7 Å². The summed E-state index contributed by atoms with van der Waals surface area (Å²) in [6.45, 7) is 7.91. The molecule has 190 valence electrons. The molecular formula is C28H29FN6OS. The first-order valence-electron chi connectivity index (χ1n) is 12.3. The normalized spacial score (nSPS) is 19.1. The van der Waals surface area contributed by atoms with Crippen LogP contribution < -0.4 is 11.3 Å². The third kappa shape index (κ3) is 4.37. The number of benzene rings is 2. The summed E-state index contributed by atoms with van der Waals surface area (Å²) in [5.74, 6) is 7.76. The molecule has 2 fully saturated rings. The monoisotopic (exact) mass is 516 g/mol. The maximum atomic E-state index is 13.7. The number of rotatable bonds is 6. The van der Waals surface area contributed by atoms with Gasteiger partial charge in [0.05, 0.1) is 35.3 Å². The van der Waals surface area contributed by atoms with Crippen molar-refractivity contribution in [1.29, 1.82) is 0 Å². The lowest BCUT2D eigenvalue weighted by atomic mass is 9.77. The van der Waals surface area contributed by atoms with E-state index in [2.05, 4.69) is 39.2 Å². The Kier molecular flexibility index (Phi) is 6.14. The number of nitrogens with one attached hydrogen (secondary N) is 1. The Hall–Kier alpha value is -3.40. The van der Waals surface area contributed by atoms with E-state index in [-0.39, 0.29) is 17.3 Å². The van der Waals surface area contributed by atoms with Gasteiger partial charge in [0.2, 0.25) is 0 Å². The lowest BCUT2D eigenvalue weighted by molar-refractivity contribution is 0.142. The van der Waals surface area contributed by atoms with Crippen molar-refractivity contribution in [3.63, 3.8) is 0 Å². The third-order valence-corrected chi connectivity index (χ3v) is 9.03. The third-order valence-electron chi connectivity index (χ3n) is 7.40. The first-order chi connectivity index (χ1) is 18.0. The van der Waals surface area contributed by atoms with Crippen LogP contribution in [0.1, 0.15) is 29.3 Å². The minimum absolute atomic E-state index is 0.0632. The van der Waals surface area contributed by atoms with Gasteiger partial charge >= 0.3 is 0 Å². The van der Waals surface area contributed by atoms with Gasteiger partial charge in [-0.25, -0.2) is 9.37 Å². The predicted octanol–water partition coefficient (Wildman–Crippen LogP) is 5.00. The van der Waals surface area contributed by atoms with Crippen molar-refractivity contribution >= 4 is 28.8 Å². The molecule has 1 spiro atoms. The number of likely N-dealkylation sites (tertiary alicyclic amines) is 1. The van der Waals surface area contributed by atoms with Gasteiger partial charge in [-0.2, -0.15) is 11.8 Å². The van der Waals surface area contributed by atoms with Crippen LogP contribution in [0, 0.1) is 18.2 Å². The smallest absolute Gasteiger partial charge is 0.191 e. The molecule has 2 aliphatic rings. The van der Waals surface area contributed by atoms with E-state index in [9.17, 15) is 4.39 Å². The minimum Gasteiger partial charge on any atom is -0.363 e. The van der Waals surface area contributed by atoms with E-state index in [1.54, 1.807) is 12.5 Å². The zero-order chi connectivity index (χ0) is 25.6. The number of nitrogens with two attached hydrogens (primary N) is 1. The topological polar surface area (TPSA) is 85.1 Å². The zero-order valence-corrected chi connectivity index (χ0v) is 21.5. The van der Waals surface area contributed by atoms with E-state index >= 15 is 0 Å². The van der Waals surface area contributed by atoms with Crippen molar-refractivity contribution in [3.8, 4) is 5.69 Å². The van der Waals surface area contributed by atoms with E-state index in [0.717, 1.165) is 63.6 Å². The number of hydrazine groups is 1. The molecule has 0 radical (unpaired) electrons. The Balaban J connectivity index is 1.40. The van der Waals surface area contributed by atoms with Crippen molar-refractivity contribution < 1.29 is 8.91 Å². The molecule has 0 saturated carbocycles. The maximum absolute atomic E-state index is 13.7. The maximum Gasteiger partial charge on any atom is 0.191 e. The molecule has 3 N–H and O–H groups in total. The number of hydrogen-bond donors (Lipinski definition) is 2. The summed E-state index contributed by atoms with van der Waals surface area (Å²) in [5, 5.41) is 5.05. The number of fused-ring (bicyclic) bond motifs is 1. The fourth-order valence-electron chi connectivity index (χ4n) is 5.46. The van der Waals surface area contributed by atoms with E-state index in [0.29, 0.717) is 6.54 Å². The Morgan fingerprint density at radius 3 is 2.76 bits per heavy atom. The van der Waals surface area contributed by atoms with Crippen LogP contribution in [-0.2, 0) is 0 Å². The fraction of sp³-hybridized carbons (Fsp3) is 0.286. The summed E-state index contributed by atoms with van der Waals surface area (Å²) in [6.07, 6.45) is 8.70. The predicted molar refractivity (Wildman–Crippen MR) is 145 cm³/mol. The van der Waals surface area contributed by atoms with Gasteiger partial charge < -0.3 is 14.0 Å². The van der Waals surface area contributed by atoms with Crippen LogP contribution in [0.5, 0.6) is 0 Å². The number of allylic oxidation sites excluding steroid dienone is 1. The fourth-order valence-corrected chi connectivity index (χ4v) is 6.63. The lowest BCUT2D eigenvalue weighted by Crippen LogP contribution is -2.52. The number of aryl methyl sites for hydroxylation is 1. The van der Waals surface area contributed by atoms with Crippen molar-refractivity contribution in [2.75, 3.05) is 24.6 Å². The summed E-state index contributed by atoms with van der Waals surface area (Å²) in [6, 6.07) is 10.8. The highest BCUT2D eigenvalue weighted by Gasteiger charge is 2.45. The summed E-state index contributed by atoms with van der Waals surface area (Å²) in [5.41, 5.74) is 9.75. The second-order valence-corrected chi connectivity index (χ2v) is 11.0. The van der Waals surface area contributed by atoms with Gasteiger partial charge in [-0.05, 0) is 54.3 Å². The molecule has 2 aromatic carbocycles. The number of halogens is 1. The first-order valence-corrected chi connectivity index (χ1v) is 13.4. The molecule has 2 aromatic heterocycles. The van der Waals surface area contributed by atoms with Gasteiger partial charge in [-0.15, -0.1) is 0 Å². The molecule has 6 rings (SSSR count). The van der Waals surface area contributed by atoms with Crippen LogP contribution >= 0.6 is 11.8 Å². The molecule has 0 aliphatic carbocycles. The average molecular weight is 517 g/mol. The summed E-state index contributed by atoms with van der Waals surface area (Å²) in [7, 11) is 0. The van der Waals surface area contributed by atoms with Crippen LogP contribution in [0.3, 0.4) is 0 Å². The zero-order valence-electron chi connectivity index (χ0n) is 20.7. The number of aromatic nitrogens is 3. The molecule has 4 heterocycles. The van der Waals surface area contributed by atoms with E-state index in [1.807, 2.05) is 47.6 Å². The summed E-state index contributed by atoms with van der Waals surface area (Å²) >= 11 is 1.98. The molecule has 4 aromatic rings. The number of hydrogen-bond acceptors (Lipinski definition) is 7. The van der Waals surface area contributed by atoms with E-state index < -0.39 is 0 Å². The van der Waals surface area contributed by atoms with Gasteiger partial charge in [-0.1, -0.05) is 29.9 Å². The van der Waals surface area contributed by atoms with Gasteiger partial charge in [0.25, 0.3) is 0 Å². The Morgan fingerprint density at radius 2 is 2.08 bits per heavy atom. The van der Waals surface area contributed by atoms with E-state index in [4.69, 9.17) is 10.4 Å². The summed E-state index contributed by atoms with van der Waals surface area (Å²) < 4.78 is 21.3. The van der Waals surface area contributed by atoms with Crippen molar-refractivity contribution in [2.45, 2.75) is 19.4 Å². The van der Waals surface area contributed by atoms with Crippen LogP contribution in [0.4, 0.5) is 4.39 Å². The minimum atomic E-state index is -0.250. The molecule has 9 heteroatoms. The highest BCUT2D eigenvalue weighted by molar-refractivity contribution is 8.00. The second-order valence-electron chi connectivity index (χ2n) is 10.1. The molecule has 2 aliphatic heterocycles. The van der Waals surface area contributed by atoms with Crippen LogP contribution in [-0.4, -0.2) is 44.2 Å². The SMILES string of the molecule is C=C1/C(=C/c2ccc(-n3cnc(C)c3)c3oncc23)CC2(CSC2)CN1C(CNN)c1ccc(F)cc1. The number of imidazole rings is 1. The Labute approximate surface area is 219 Å². The lowest BCUT2D eigenvalue weighted by Gasteiger charge is -2.53. The van der Waals surface area contributed by atoms with Gasteiger partial charge in [0.15, 0.2) is 5.58 Å². The number of piperidine rings is 1. The van der Waals surface area contributed by atoms with Crippen molar-refractivity contribution in [2.24, 2.45) is 11.3 Å². The Morgan fingerprint density at radius 1 is 1.27 bits per heavy atom. The molecule has 1 unspecified atom stereocenters. The van der Waals surface area contributed by atoms with Crippen LogP contribution in [0.25, 0.3) is 22.7 Å². The van der Waals surface area contributed by atoms with Gasteiger partial charge in [-0.3, -0.25) is 11.3 Å².